The smallest absolute Gasteiger partial charge is 0.326 e. The van der Waals surface area contributed by atoms with Gasteiger partial charge in [0.2, 0.25) is 11.7 Å². The van der Waals surface area contributed by atoms with E-state index in [0.717, 1.165) is 5.52 Å². The number of carbonyl (C=O) groups is 3. The van der Waals surface area contributed by atoms with E-state index in [1.807, 2.05) is 0 Å². The molecule has 2 atom stereocenters. The fourth-order valence-electron chi connectivity index (χ4n) is 2.61. The minimum Gasteiger partial charge on any atom is -0.480 e. The molecule has 0 aliphatic carbocycles. The van der Waals surface area contributed by atoms with Crippen LogP contribution in [-0.4, -0.2) is 56.0 Å². The Morgan fingerprint density at radius 3 is 2.78 bits per heavy atom. The Labute approximate surface area is 158 Å². The molecule has 0 aliphatic rings. The number of carbonyl (C=O) groups excluding carboxylic acids is 2. The van der Waals surface area contributed by atoms with Crippen molar-refractivity contribution in [2.75, 3.05) is 0 Å². The second-order valence-electron chi connectivity index (χ2n) is 5.85. The van der Waals surface area contributed by atoms with Gasteiger partial charge < -0.3 is 26.0 Å². The van der Waals surface area contributed by atoms with Crippen LogP contribution in [0.15, 0.2) is 24.4 Å². The molecule has 4 N–H and O–H groups in total. The summed E-state index contributed by atoms with van der Waals surface area (Å²) in [4.78, 5) is 40.2. The fraction of sp³-hybridized carbons (Fsp3) is 0.294. The first-order valence-corrected chi connectivity index (χ1v) is 8.37. The maximum absolute atomic E-state index is 12.2. The lowest BCUT2D eigenvalue weighted by molar-refractivity contribution is -0.143. The molecule has 10 heteroatoms. The Morgan fingerprint density at radius 2 is 2.11 bits per heavy atom. The zero-order valence-electron chi connectivity index (χ0n) is 14.1. The average Bonchev–Trinajstić information content (AvgIpc) is 3.02. The fourth-order valence-corrected chi connectivity index (χ4v) is 2.91. The van der Waals surface area contributed by atoms with Gasteiger partial charge in [0.05, 0.1) is 5.02 Å². The number of aliphatic hydroxyl groups excluding tert-OH is 1. The van der Waals surface area contributed by atoms with Gasteiger partial charge in [-0.2, -0.15) is 4.79 Å². The number of Topliss-reactive ketones (excluding diaryl/α,β-unsaturated/α-hetero) is 1. The van der Waals surface area contributed by atoms with Crippen LogP contribution in [-0.2, 0) is 20.8 Å². The van der Waals surface area contributed by atoms with E-state index in [4.69, 9.17) is 22.2 Å². The van der Waals surface area contributed by atoms with Crippen LogP contribution < -0.4 is 5.32 Å². The first-order chi connectivity index (χ1) is 12.8. The molecule has 27 heavy (non-hydrogen) atoms. The molecule has 2 rings (SSSR count). The number of aromatic nitrogens is 1. The Morgan fingerprint density at radius 1 is 1.37 bits per heavy atom. The average molecular weight is 393 g/mol. The number of H-pyrrole nitrogens is 1. The van der Waals surface area contributed by atoms with Gasteiger partial charge in [-0.3, -0.25) is 9.59 Å². The summed E-state index contributed by atoms with van der Waals surface area (Å²) in [6, 6.07) is 3.87. The normalized spacial score (nSPS) is 12.8. The maximum atomic E-state index is 12.2. The topological polar surface area (TPSA) is 156 Å². The second-order valence-corrected chi connectivity index (χ2v) is 6.25. The number of amides is 1. The van der Waals surface area contributed by atoms with Crippen LogP contribution in [0.5, 0.6) is 0 Å². The zero-order chi connectivity index (χ0) is 20.0. The highest BCUT2D eigenvalue weighted by Gasteiger charge is 2.25. The number of carboxylic acid groups (broad SMARTS) is 1. The number of halogens is 1. The molecular weight excluding hydrogens is 376 g/mol. The summed E-state index contributed by atoms with van der Waals surface area (Å²) in [7, 11) is 0. The molecule has 0 radical (unpaired) electrons. The van der Waals surface area contributed by atoms with Gasteiger partial charge >= 0.3 is 12.2 Å². The molecule has 1 aromatic carbocycles. The number of benzene rings is 1. The van der Waals surface area contributed by atoms with Crippen molar-refractivity contribution < 1.29 is 29.4 Å². The molecular formula is C17H17ClN4O5. The highest BCUT2D eigenvalue weighted by atomic mass is 35.5. The van der Waals surface area contributed by atoms with Crippen molar-refractivity contribution >= 4 is 46.4 Å². The largest absolute Gasteiger partial charge is 0.480 e. The number of hydrogen-bond acceptors (Lipinski definition) is 4. The van der Waals surface area contributed by atoms with Gasteiger partial charge in [-0.15, -0.1) is 0 Å². The van der Waals surface area contributed by atoms with Crippen molar-refractivity contribution in [3.63, 3.8) is 0 Å². The lowest BCUT2D eigenvalue weighted by Crippen LogP contribution is -2.46. The predicted octanol–water partition coefficient (Wildman–Crippen LogP) is 0.944. The Bertz CT molecular complexity index is 919. The number of hydrogen-bond donors (Lipinski definition) is 4. The summed E-state index contributed by atoms with van der Waals surface area (Å²) < 4.78 is 0. The molecule has 1 amide bonds. The molecule has 9 nitrogen and oxygen atoms in total. The molecule has 2 aromatic rings. The molecule has 0 bridgehead atoms. The number of aliphatic carboxylic acids is 1. The molecule has 0 saturated carbocycles. The zero-order valence-corrected chi connectivity index (χ0v) is 14.8. The highest BCUT2D eigenvalue weighted by Crippen LogP contribution is 2.27. The predicted molar refractivity (Wildman–Crippen MR) is 96.5 cm³/mol. The Balaban J connectivity index is 2.03. The van der Waals surface area contributed by atoms with E-state index in [2.05, 4.69) is 15.1 Å². The third kappa shape index (κ3) is 5.24. The summed E-state index contributed by atoms with van der Waals surface area (Å²) in [5, 5.41) is 22.7. The highest BCUT2D eigenvalue weighted by molar-refractivity contribution is 6.35. The van der Waals surface area contributed by atoms with Gasteiger partial charge in [0, 0.05) is 29.9 Å². The van der Waals surface area contributed by atoms with Crippen molar-refractivity contribution in [2.24, 2.45) is 0 Å². The summed E-state index contributed by atoms with van der Waals surface area (Å²) in [5.41, 5.74) is 9.62. The van der Waals surface area contributed by atoms with E-state index in [1.165, 1.54) is 0 Å². The van der Waals surface area contributed by atoms with Crippen LogP contribution in [0.25, 0.3) is 16.4 Å². The Kier molecular flexibility index (Phi) is 6.84. The minimum absolute atomic E-state index is 0.0714. The van der Waals surface area contributed by atoms with Gasteiger partial charge in [-0.25, -0.2) is 4.79 Å². The van der Waals surface area contributed by atoms with Crippen LogP contribution in [0.1, 0.15) is 18.4 Å². The lowest BCUT2D eigenvalue weighted by atomic mass is 10.0. The van der Waals surface area contributed by atoms with Crippen LogP contribution in [0.4, 0.5) is 0 Å². The molecule has 0 spiro atoms. The van der Waals surface area contributed by atoms with Gasteiger partial charge in [0.15, 0.2) is 0 Å². The van der Waals surface area contributed by atoms with E-state index in [9.17, 15) is 19.5 Å². The quantitative estimate of drug-likeness (QED) is 0.284. The van der Waals surface area contributed by atoms with E-state index in [1.54, 1.807) is 24.4 Å². The molecule has 0 saturated heterocycles. The summed E-state index contributed by atoms with van der Waals surface area (Å²) in [6.45, 7) is 0. The number of aliphatic hydroxyl groups is 1. The molecule has 142 valence electrons. The van der Waals surface area contributed by atoms with Crippen LogP contribution in [0.3, 0.4) is 0 Å². The van der Waals surface area contributed by atoms with Crippen molar-refractivity contribution in [1.29, 1.82) is 0 Å². The second kappa shape index (κ2) is 9.09. The number of fused-ring (bicyclic) bond motifs is 1. The number of nitrogens with zero attached hydrogens (tertiary/aromatic N) is 2. The third-order valence-electron chi connectivity index (χ3n) is 3.95. The number of ketones is 1. The van der Waals surface area contributed by atoms with Crippen molar-refractivity contribution in [3.8, 4) is 0 Å². The van der Waals surface area contributed by atoms with E-state index >= 15 is 0 Å². The van der Waals surface area contributed by atoms with Crippen LogP contribution in [0.2, 0.25) is 5.02 Å². The third-order valence-corrected chi connectivity index (χ3v) is 4.26. The molecule has 1 heterocycles. The van der Waals surface area contributed by atoms with Crippen molar-refractivity contribution in [1.82, 2.24) is 10.3 Å². The molecule has 2 unspecified atom stereocenters. The standard InChI is InChI=1S/C17H17ClN4O5/c18-11-2-1-3-12-15(11)9(7-20-12)6-14(24)16(25)22-13(17(26)27)5-4-10(23)8-21-19/h1-3,7-8,13-14,20,24H,4-6H2,(H,22,25)(H,26,27). The maximum Gasteiger partial charge on any atom is 0.326 e. The summed E-state index contributed by atoms with van der Waals surface area (Å²) in [5.74, 6) is -2.82. The SMILES string of the molecule is [N-]=[N+]=CC(=O)CCC(NC(=O)C(O)Cc1c[nH]c2cccc(Cl)c12)C(=O)O. The lowest BCUT2D eigenvalue weighted by Gasteiger charge is -2.16. The van der Waals surface area contributed by atoms with E-state index in [-0.39, 0.29) is 19.3 Å². The van der Waals surface area contributed by atoms with Crippen LogP contribution in [0, 0.1) is 0 Å². The molecule has 0 aliphatic heterocycles. The van der Waals surface area contributed by atoms with Crippen molar-refractivity contribution in [3.05, 3.63) is 40.5 Å². The molecule has 0 fully saturated rings. The van der Waals surface area contributed by atoms with Crippen LogP contribution >= 0.6 is 11.6 Å². The first-order valence-electron chi connectivity index (χ1n) is 7.99. The van der Waals surface area contributed by atoms with Gasteiger partial charge in [-0.1, -0.05) is 17.7 Å². The minimum atomic E-state index is -1.50. The summed E-state index contributed by atoms with van der Waals surface area (Å²) >= 11 is 6.15. The van der Waals surface area contributed by atoms with E-state index in [0.29, 0.717) is 22.2 Å². The van der Waals surface area contributed by atoms with Crippen molar-refractivity contribution in [2.45, 2.75) is 31.4 Å². The summed E-state index contributed by atoms with van der Waals surface area (Å²) in [6.07, 6.45) is 0.243. The van der Waals surface area contributed by atoms with Gasteiger partial charge in [0.25, 0.3) is 0 Å². The van der Waals surface area contributed by atoms with Gasteiger partial charge in [-0.05, 0) is 24.1 Å². The number of carboxylic acids is 1. The van der Waals surface area contributed by atoms with E-state index < -0.39 is 29.8 Å². The number of aromatic amines is 1. The number of nitrogens with one attached hydrogen (secondary N) is 2. The first kappa shape index (κ1) is 20.3. The molecule has 1 aromatic heterocycles. The monoisotopic (exact) mass is 392 g/mol. The number of rotatable bonds is 9. The van der Waals surface area contributed by atoms with Gasteiger partial charge in [0.1, 0.15) is 12.1 Å². The Hall–Kier alpha value is -3.00.